The Hall–Kier alpha value is -0.0800. The van der Waals surface area contributed by atoms with E-state index < -0.39 is 0 Å². The summed E-state index contributed by atoms with van der Waals surface area (Å²) in [7, 11) is 4.48. The van der Waals surface area contributed by atoms with Gasteiger partial charge in [-0.15, -0.1) is 0 Å². The van der Waals surface area contributed by atoms with Crippen LogP contribution in [0, 0.1) is 17.8 Å². The van der Waals surface area contributed by atoms with E-state index in [0.717, 1.165) is 23.8 Å². The van der Waals surface area contributed by atoms with E-state index in [1.165, 1.54) is 51.7 Å². The van der Waals surface area contributed by atoms with Crippen LogP contribution >= 0.6 is 0 Å². The lowest BCUT2D eigenvalue weighted by atomic mass is 9.88. The summed E-state index contributed by atoms with van der Waals surface area (Å²) in [6, 6.07) is 0.855. The van der Waals surface area contributed by atoms with Gasteiger partial charge in [0.1, 0.15) is 0 Å². The maximum atomic E-state index is 2.51. The molecule has 0 aromatic carbocycles. The highest BCUT2D eigenvalue weighted by Gasteiger charge is 2.21. The number of hydrogen-bond donors (Lipinski definition) is 0. The largest absolute Gasteiger partial charge is 0.306 e. The van der Waals surface area contributed by atoms with E-state index >= 15 is 0 Å². The second-order valence-electron chi connectivity index (χ2n) is 7.70. The SMILES string of the molecule is CC(C)C1CCCCN1C.CC(C)C1CCCN(C)C1. The lowest BCUT2D eigenvalue weighted by molar-refractivity contribution is 0.144. The van der Waals surface area contributed by atoms with Crippen LogP contribution in [0.4, 0.5) is 0 Å². The Kier molecular flexibility index (Phi) is 8.13. The molecule has 0 saturated carbocycles. The Morgan fingerprint density at radius 3 is 1.90 bits per heavy atom. The van der Waals surface area contributed by atoms with Crippen LogP contribution in [0.5, 0.6) is 0 Å². The van der Waals surface area contributed by atoms with Crippen molar-refractivity contribution in [3.05, 3.63) is 0 Å². The first-order chi connectivity index (χ1) is 9.41. The van der Waals surface area contributed by atoms with Crippen molar-refractivity contribution in [3.63, 3.8) is 0 Å². The average Bonchev–Trinajstić information content (AvgIpc) is 2.39. The van der Waals surface area contributed by atoms with Crippen molar-refractivity contribution in [2.75, 3.05) is 33.7 Å². The van der Waals surface area contributed by atoms with Crippen molar-refractivity contribution in [2.45, 2.75) is 65.8 Å². The summed E-state index contributed by atoms with van der Waals surface area (Å²) in [5, 5.41) is 0. The number of likely N-dealkylation sites (tertiary alicyclic amines) is 2. The molecule has 0 bridgehead atoms. The molecule has 0 aliphatic carbocycles. The minimum Gasteiger partial charge on any atom is -0.306 e. The summed E-state index contributed by atoms with van der Waals surface area (Å²) in [5.74, 6) is 2.67. The van der Waals surface area contributed by atoms with E-state index in [0.29, 0.717) is 0 Å². The van der Waals surface area contributed by atoms with E-state index in [9.17, 15) is 0 Å². The fourth-order valence-electron chi connectivity index (χ4n) is 3.69. The Labute approximate surface area is 127 Å². The standard InChI is InChI=1S/2C9H19N/c1-8(2)9-5-4-6-10(3)7-9;1-8(2)9-6-4-5-7-10(9)3/h2*8-9H,4-7H2,1-3H3. The average molecular weight is 283 g/mol. The fraction of sp³-hybridized carbons (Fsp3) is 1.00. The maximum Gasteiger partial charge on any atom is 0.0115 e. The topological polar surface area (TPSA) is 6.48 Å². The maximum absolute atomic E-state index is 2.51. The van der Waals surface area contributed by atoms with Crippen LogP contribution in [0.1, 0.15) is 59.8 Å². The van der Waals surface area contributed by atoms with E-state index in [1.54, 1.807) is 0 Å². The first-order valence-electron chi connectivity index (χ1n) is 8.80. The molecule has 20 heavy (non-hydrogen) atoms. The van der Waals surface area contributed by atoms with Crippen LogP contribution in [0.2, 0.25) is 0 Å². The van der Waals surface area contributed by atoms with Gasteiger partial charge in [-0.05, 0) is 70.6 Å². The third kappa shape index (κ3) is 6.13. The molecule has 0 N–H and O–H groups in total. The first kappa shape index (κ1) is 18.0. The van der Waals surface area contributed by atoms with Gasteiger partial charge in [-0.1, -0.05) is 34.1 Å². The predicted molar refractivity (Wildman–Crippen MR) is 90.2 cm³/mol. The number of hydrogen-bond acceptors (Lipinski definition) is 2. The molecule has 2 fully saturated rings. The highest BCUT2D eigenvalue weighted by molar-refractivity contribution is 4.76. The Balaban J connectivity index is 0.000000200. The zero-order valence-corrected chi connectivity index (χ0v) is 14.9. The Morgan fingerprint density at radius 1 is 0.800 bits per heavy atom. The van der Waals surface area contributed by atoms with E-state index in [2.05, 4.69) is 51.6 Å². The molecule has 2 atom stereocenters. The van der Waals surface area contributed by atoms with Crippen LogP contribution in [-0.4, -0.2) is 49.6 Å². The third-order valence-electron chi connectivity index (χ3n) is 5.20. The second-order valence-corrected chi connectivity index (χ2v) is 7.70. The van der Waals surface area contributed by atoms with Crippen LogP contribution in [0.3, 0.4) is 0 Å². The van der Waals surface area contributed by atoms with E-state index in [1.807, 2.05) is 0 Å². The van der Waals surface area contributed by atoms with Gasteiger partial charge >= 0.3 is 0 Å². The molecule has 0 aromatic rings. The molecule has 2 nitrogen and oxygen atoms in total. The molecule has 0 spiro atoms. The minimum atomic E-state index is 0.838. The number of piperidine rings is 2. The molecule has 2 heterocycles. The van der Waals surface area contributed by atoms with Gasteiger partial charge in [-0.2, -0.15) is 0 Å². The van der Waals surface area contributed by atoms with Gasteiger partial charge in [0, 0.05) is 12.6 Å². The van der Waals surface area contributed by atoms with Crippen molar-refractivity contribution >= 4 is 0 Å². The first-order valence-corrected chi connectivity index (χ1v) is 8.80. The van der Waals surface area contributed by atoms with Crippen molar-refractivity contribution in [3.8, 4) is 0 Å². The van der Waals surface area contributed by atoms with E-state index in [4.69, 9.17) is 0 Å². The summed E-state index contributed by atoms with van der Waals surface area (Å²) in [4.78, 5) is 4.96. The minimum absolute atomic E-state index is 0.838. The molecule has 120 valence electrons. The quantitative estimate of drug-likeness (QED) is 0.752. The molecule has 2 aliphatic heterocycles. The summed E-state index contributed by atoms with van der Waals surface area (Å²) >= 11 is 0. The molecular weight excluding hydrogens is 244 g/mol. The van der Waals surface area contributed by atoms with Crippen molar-refractivity contribution in [1.82, 2.24) is 9.80 Å². The van der Waals surface area contributed by atoms with Crippen LogP contribution in [0.15, 0.2) is 0 Å². The molecule has 2 heteroatoms. The summed E-state index contributed by atoms with van der Waals surface area (Å²) in [5.41, 5.74) is 0. The number of nitrogens with zero attached hydrogens (tertiary/aromatic N) is 2. The van der Waals surface area contributed by atoms with Crippen molar-refractivity contribution < 1.29 is 0 Å². The Morgan fingerprint density at radius 2 is 1.50 bits per heavy atom. The van der Waals surface area contributed by atoms with Gasteiger partial charge in [-0.25, -0.2) is 0 Å². The summed E-state index contributed by atoms with van der Waals surface area (Å²) < 4.78 is 0. The van der Waals surface area contributed by atoms with Gasteiger partial charge in [0.15, 0.2) is 0 Å². The highest BCUT2D eigenvalue weighted by Crippen LogP contribution is 2.22. The van der Waals surface area contributed by atoms with Crippen LogP contribution in [0.25, 0.3) is 0 Å². The molecule has 0 amide bonds. The summed E-state index contributed by atoms with van der Waals surface area (Å²) in [6.07, 6.45) is 7.10. The molecule has 2 saturated heterocycles. The van der Waals surface area contributed by atoms with Crippen molar-refractivity contribution in [1.29, 1.82) is 0 Å². The molecule has 2 aliphatic rings. The fourth-order valence-corrected chi connectivity index (χ4v) is 3.69. The molecule has 2 rings (SSSR count). The van der Waals surface area contributed by atoms with E-state index in [-0.39, 0.29) is 0 Å². The van der Waals surface area contributed by atoms with Gasteiger partial charge in [0.2, 0.25) is 0 Å². The van der Waals surface area contributed by atoms with Gasteiger partial charge in [0.05, 0.1) is 0 Å². The third-order valence-corrected chi connectivity index (χ3v) is 5.20. The van der Waals surface area contributed by atoms with Crippen molar-refractivity contribution in [2.24, 2.45) is 17.8 Å². The van der Waals surface area contributed by atoms with Gasteiger partial charge < -0.3 is 9.80 Å². The lowest BCUT2D eigenvalue weighted by Gasteiger charge is -2.35. The lowest BCUT2D eigenvalue weighted by Crippen LogP contribution is -2.39. The van der Waals surface area contributed by atoms with Crippen LogP contribution in [-0.2, 0) is 0 Å². The molecule has 0 radical (unpaired) electrons. The zero-order valence-electron chi connectivity index (χ0n) is 14.9. The molecule has 2 unspecified atom stereocenters. The normalized spacial score (nSPS) is 29.4. The molecule has 0 aromatic heterocycles. The van der Waals surface area contributed by atoms with Crippen LogP contribution < -0.4 is 0 Å². The zero-order chi connectivity index (χ0) is 15.1. The molecular formula is C18H38N2. The highest BCUT2D eigenvalue weighted by atomic mass is 15.1. The van der Waals surface area contributed by atoms with Gasteiger partial charge in [-0.3, -0.25) is 0 Å². The van der Waals surface area contributed by atoms with Gasteiger partial charge in [0.25, 0.3) is 0 Å². The second kappa shape index (κ2) is 9.04. The number of rotatable bonds is 2. The predicted octanol–water partition coefficient (Wildman–Crippen LogP) is 4.11. The summed E-state index contributed by atoms with van der Waals surface area (Å²) in [6.45, 7) is 13.3. The smallest absolute Gasteiger partial charge is 0.0115 e. The monoisotopic (exact) mass is 282 g/mol. The Bertz CT molecular complexity index is 250.